The second kappa shape index (κ2) is 8.51. The van der Waals surface area contributed by atoms with Crippen molar-refractivity contribution in [2.24, 2.45) is 0 Å². The van der Waals surface area contributed by atoms with E-state index in [1.807, 2.05) is 6.92 Å². The molecule has 3 rings (SSSR count). The fraction of sp³-hybridized carbons (Fsp3) is 0.381. The topological polar surface area (TPSA) is 75.7 Å². The molecule has 1 amide bonds. The van der Waals surface area contributed by atoms with Crippen LogP contribution in [0.2, 0.25) is 0 Å². The van der Waals surface area contributed by atoms with Crippen molar-refractivity contribution in [2.75, 3.05) is 19.0 Å². The number of hydrogen-bond donors (Lipinski definition) is 1. The Morgan fingerprint density at radius 2 is 1.97 bits per heavy atom. The minimum Gasteiger partial charge on any atom is -0.495 e. The molecule has 0 saturated carbocycles. The number of aryl methyl sites for hydroxylation is 1. The van der Waals surface area contributed by atoms with Gasteiger partial charge in [-0.15, -0.1) is 0 Å². The molecular weight excluding hydrogens is 395 g/mol. The Morgan fingerprint density at radius 1 is 1.21 bits per heavy atom. The Balaban J connectivity index is 1.94. The predicted octanol–water partition coefficient (Wildman–Crippen LogP) is 3.96. The summed E-state index contributed by atoms with van der Waals surface area (Å²) in [4.78, 5) is 12.6. The van der Waals surface area contributed by atoms with Crippen LogP contribution in [-0.2, 0) is 10.0 Å². The van der Waals surface area contributed by atoms with Crippen LogP contribution in [-0.4, -0.2) is 38.3 Å². The summed E-state index contributed by atoms with van der Waals surface area (Å²) >= 11 is 0. The van der Waals surface area contributed by atoms with E-state index in [4.69, 9.17) is 4.74 Å². The Hall–Kier alpha value is -2.45. The van der Waals surface area contributed by atoms with Gasteiger partial charge in [0.2, 0.25) is 10.0 Å². The Bertz CT molecular complexity index is 1020. The second-order valence-corrected chi connectivity index (χ2v) is 9.10. The zero-order valence-corrected chi connectivity index (χ0v) is 17.6. The molecule has 1 fully saturated rings. The van der Waals surface area contributed by atoms with Crippen LogP contribution >= 0.6 is 0 Å². The van der Waals surface area contributed by atoms with E-state index < -0.39 is 21.7 Å². The lowest BCUT2D eigenvalue weighted by atomic mass is 10.1. The molecule has 1 aliphatic rings. The third-order valence-corrected chi connectivity index (χ3v) is 7.22. The fourth-order valence-electron chi connectivity index (χ4n) is 3.45. The minimum atomic E-state index is -3.83. The molecule has 1 saturated heterocycles. The number of halogens is 1. The summed E-state index contributed by atoms with van der Waals surface area (Å²) in [6.45, 7) is 3.94. The molecule has 0 bridgehead atoms. The number of carbonyl (C=O) groups excluding carboxylic acids is 1. The number of carbonyl (C=O) groups is 1. The third kappa shape index (κ3) is 4.43. The first-order valence-electron chi connectivity index (χ1n) is 9.51. The van der Waals surface area contributed by atoms with Crippen LogP contribution in [0.15, 0.2) is 41.3 Å². The fourth-order valence-corrected chi connectivity index (χ4v) is 5.33. The quantitative estimate of drug-likeness (QED) is 0.795. The maximum Gasteiger partial charge on any atom is 0.255 e. The molecule has 1 atom stereocenters. The van der Waals surface area contributed by atoms with Crippen LogP contribution in [0.3, 0.4) is 0 Å². The average molecular weight is 421 g/mol. The summed E-state index contributed by atoms with van der Waals surface area (Å²) in [5.41, 5.74) is 0.912. The van der Waals surface area contributed by atoms with Gasteiger partial charge >= 0.3 is 0 Å². The summed E-state index contributed by atoms with van der Waals surface area (Å²) in [5.74, 6) is -0.778. The number of hydrogen-bond acceptors (Lipinski definition) is 4. The normalized spacial score (nSPS) is 17.7. The van der Waals surface area contributed by atoms with Crippen molar-refractivity contribution < 1.29 is 22.3 Å². The van der Waals surface area contributed by atoms with Crippen molar-refractivity contribution in [1.82, 2.24) is 4.31 Å². The largest absolute Gasteiger partial charge is 0.495 e. The average Bonchev–Trinajstić information content (AvgIpc) is 2.70. The second-order valence-electron chi connectivity index (χ2n) is 7.24. The van der Waals surface area contributed by atoms with E-state index >= 15 is 0 Å². The highest BCUT2D eigenvalue weighted by atomic mass is 32.2. The van der Waals surface area contributed by atoms with Gasteiger partial charge in [0.15, 0.2) is 0 Å². The molecule has 0 spiro atoms. The number of amides is 1. The molecule has 6 nitrogen and oxygen atoms in total. The first-order valence-corrected chi connectivity index (χ1v) is 11.0. The molecule has 0 aliphatic carbocycles. The van der Waals surface area contributed by atoms with Crippen molar-refractivity contribution in [3.05, 3.63) is 53.3 Å². The van der Waals surface area contributed by atoms with Gasteiger partial charge in [-0.25, -0.2) is 12.8 Å². The first kappa shape index (κ1) is 21.3. The number of nitrogens with zero attached hydrogens (tertiary/aromatic N) is 1. The van der Waals surface area contributed by atoms with E-state index in [2.05, 4.69) is 5.32 Å². The molecular formula is C21H25FN2O4S. The summed E-state index contributed by atoms with van der Waals surface area (Å²) in [7, 11) is -2.44. The molecule has 0 unspecified atom stereocenters. The maximum atomic E-state index is 13.7. The first-order chi connectivity index (χ1) is 13.7. The standard InChI is InChI=1S/C21H25FN2O4S/c1-14-7-9-17(13-18(14)22)23-21(25)16-8-10-19(28-3)20(12-16)29(26,27)24-11-5-4-6-15(24)2/h7-10,12-13,15H,4-6,11H2,1-3H3,(H,23,25)/t15-/m0/s1. The number of benzene rings is 2. The van der Waals surface area contributed by atoms with Crippen LogP contribution in [0.1, 0.15) is 42.1 Å². The van der Waals surface area contributed by atoms with Gasteiger partial charge in [0.05, 0.1) is 7.11 Å². The van der Waals surface area contributed by atoms with Crippen molar-refractivity contribution in [1.29, 1.82) is 0 Å². The number of ether oxygens (including phenoxy) is 1. The molecule has 8 heteroatoms. The maximum absolute atomic E-state index is 13.7. The Labute approximate surface area is 170 Å². The summed E-state index contributed by atoms with van der Waals surface area (Å²) in [5, 5.41) is 2.60. The minimum absolute atomic E-state index is 0.0449. The van der Waals surface area contributed by atoms with Gasteiger partial charge < -0.3 is 10.1 Å². The van der Waals surface area contributed by atoms with E-state index in [9.17, 15) is 17.6 Å². The van der Waals surface area contributed by atoms with Gasteiger partial charge in [-0.05, 0) is 62.6 Å². The summed E-state index contributed by atoms with van der Waals surface area (Å²) in [6, 6.07) is 8.52. The van der Waals surface area contributed by atoms with Crippen LogP contribution < -0.4 is 10.1 Å². The molecule has 1 aliphatic heterocycles. The highest BCUT2D eigenvalue weighted by Gasteiger charge is 2.33. The third-order valence-electron chi connectivity index (χ3n) is 5.18. The number of nitrogens with one attached hydrogen (secondary N) is 1. The molecule has 0 aromatic heterocycles. The lowest BCUT2D eigenvalue weighted by molar-refractivity contribution is 0.102. The van der Waals surface area contributed by atoms with E-state index in [1.54, 1.807) is 19.1 Å². The van der Waals surface area contributed by atoms with Gasteiger partial charge in [-0.3, -0.25) is 4.79 Å². The van der Waals surface area contributed by atoms with E-state index in [0.717, 1.165) is 19.3 Å². The summed E-state index contributed by atoms with van der Waals surface area (Å²) < 4.78 is 47.0. The van der Waals surface area contributed by atoms with Gasteiger partial charge in [0, 0.05) is 23.8 Å². The van der Waals surface area contributed by atoms with Crippen molar-refractivity contribution in [3.63, 3.8) is 0 Å². The number of piperidine rings is 1. The van der Waals surface area contributed by atoms with E-state index in [0.29, 0.717) is 17.8 Å². The SMILES string of the molecule is COc1ccc(C(=O)Nc2ccc(C)c(F)c2)cc1S(=O)(=O)N1CCCC[C@@H]1C. The molecule has 2 aromatic carbocycles. The lowest BCUT2D eigenvalue weighted by Gasteiger charge is -2.32. The lowest BCUT2D eigenvalue weighted by Crippen LogP contribution is -2.42. The van der Waals surface area contributed by atoms with Crippen LogP contribution in [0, 0.1) is 12.7 Å². The van der Waals surface area contributed by atoms with Crippen molar-refractivity contribution in [3.8, 4) is 5.75 Å². The number of rotatable bonds is 5. The van der Waals surface area contributed by atoms with E-state index in [-0.39, 0.29) is 22.3 Å². The predicted molar refractivity (Wildman–Crippen MR) is 109 cm³/mol. The van der Waals surface area contributed by atoms with Gasteiger partial charge in [-0.1, -0.05) is 12.5 Å². The van der Waals surface area contributed by atoms with Crippen molar-refractivity contribution in [2.45, 2.75) is 44.0 Å². The molecule has 2 aromatic rings. The number of methoxy groups -OCH3 is 1. The van der Waals surface area contributed by atoms with Crippen LogP contribution in [0.4, 0.5) is 10.1 Å². The highest BCUT2D eigenvalue weighted by molar-refractivity contribution is 7.89. The molecule has 156 valence electrons. The molecule has 29 heavy (non-hydrogen) atoms. The zero-order chi connectivity index (χ0) is 21.2. The Kier molecular flexibility index (Phi) is 6.24. The van der Waals surface area contributed by atoms with Gasteiger partial charge in [-0.2, -0.15) is 4.31 Å². The van der Waals surface area contributed by atoms with Gasteiger partial charge in [0.25, 0.3) is 5.91 Å². The van der Waals surface area contributed by atoms with E-state index in [1.165, 1.54) is 35.7 Å². The molecule has 0 radical (unpaired) electrons. The zero-order valence-electron chi connectivity index (χ0n) is 16.7. The van der Waals surface area contributed by atoms with Crippen molar-refractivity contribution >= 4 is 21.6 Å². The van der Waals surface area contributed by atoms with Crippen LogP contribution in [0.25, 0.3) is 0 Å². The smallest absolute Gasteiger partial charge is 0.255 e. The highest BCUT2D eigenvalue weighted by Crippen LogP contribution is 2.32. The van der Waals surface area contributed by atoms with Gasteiger partial charge in [0.1, 0.15) is 16.5 Å². The summed E-state index contributed by atoms with van der Waals surface area (Å²) in [6.07, 6.45) is 2.58. The monoisotopic (exact) mass is 420 g/mol. The number of sulfonamides is 1. The molecule has 1 heterocycles. The number of anilines is 1. The molecule has 1 N–H and O–H groups in total. The Morgan fingerprint density at radius 3 is 2.62 bits per heavy atom. The van der Waals surface area contributed by atoms with Crippen LogP contribution in [0.5, 0.6) is 5.75 Å².